The molecule has 1 aromatic heterocycles. The van der Waals surface area contributed by atoms with Gasteiger partial charge >= 0.3 is 0 Å². The molecule has 1 aliphatic heterocycles. The summed E-state index contributed by atoms with van der Waals surface area (Å²) in [7, 11) is 0. The molecule has 2 heterocycles. The average molecular weight is 178 g/mol. The number of likely N-dealkylation sites (tertiary alicyclic amines) is 1. The summed E-state index contributed by atoms with van der Waals surface area (Å²) in [5.41, 5.74) is 0. The van der Waals surface area contributed by atoms with Crippen molar-refractivity contribution in [3.63, 3.8) is 0 Å². The Kier molecular flexibility index (Phi) is 2.69. The van der Waals surface area contributed by atoms with Crippen molar-refractivity contribution in [1.29, 1.82) is 0 Å². The molecule has 1 atom stereocenters. The third-order valence-corrected chi connectivity index (χ3v) is 2.91. The van der Waals surface area contributed by atoms with E-state index in [1.54, 1.807) is 0 Å². The smallest absolute Gasteiger partial charge is 0.0373 e. The zero-order chi connectivity index (χ0) is 9.10. The Bertz CT molecular complexity index is 235. The summed E-state index contributed by atoms with van der Waals surface area (Å²) < 4.78 is 2.27. The van der Waals surface area contributed by atoms with Crippen molar-refractivity contribution in [2.45, 2.75) is 32.4 Å². The van der Waals surface area contributed by atoms with Gasteiger partial charge in [-0.1, -0.05) is 0 Å². The van der Waals surface area contributed by atoms with Crippen LogP contribution in [0.2, 0.25) is 0 Å². The minimum atomic E-state index is 0.690. The van der Waals surface area contributed by atoms with Crippen LogP contribution in [0.5, 0.6) is 0 Å². The predicted molar refractivity (Wildman–Crippen MR) is 54.7 cm³/mol. The molecule has 13 heavy (non-hydrogen) atoms. The maximum absolute atomic E-state index is 2.58. The van der Waals surface area contributed by atoms with Crippen LogP contribution in [0.15, 0.2) is 24.5 Å². The van der Waals surface area contributed by atoms with Crippen LogP contribution >= 0.6 is 0 Å². The van der Waals surface area contributed by atoms with Crippen molar-refractivity contribution in [3.05, 3.63) is 24.5 Å². The molecule has 0 bridgehead atoms. The van der Waals surface area contributed by atoms with Crippen molar-refractivity contribution in [2.75, 3.05) is 13.1 Å². The first kappa shape index (κ1) is 8.82. The van der Waals surface area contributed by atoms with E-state index in [1.165, 1.54) is 25.9 Å². The first-order valence-corrected chi connectivity index (χ1v) is 5.21. The molecular formula is C11H18N2. The highest BCUT2D eigenvalue weighted by molar-refractivity contribution is 4.91. The molecule has 1 aliphatic rings. The number of hydrogen-bond donors (Lipinski definition) is 0. The molecule has 0 N–H and O–H groups in total. The lowest BCUT2D eigenvalue weighted by Gasteiger charge is -2.23. The fraction of sp³-hybridized carbons (Fsp3) is 0.636. The summed E-state index contributed by atoms with van der Waals surface area (Å²) >= 11 is 0. The van der Waals surface area contributed by atoms with Gasteiger partial charge in [-0.2, -0.15) is 0 Å². The van der Waals surface area contributed by atoms with E-state index in [2.05, 4.69) is 40.9 Å². The van der Waals surface area contributed by atoms with Gasteiger partial charge in [-0.3, -0.25) is 4.90 Å². The van der Waals surface area contributed by atoms with E-state index in [-0.39, 0.29) is 0 Å². The Morgan fingerprint density at radius 1 is 1.15 bits per heavy atom. The topological polar surface area (TPSA) is 8.17 Å². The SMILES string of the molecule is CC(Cn1cccc1)N1CCCC1. The summed E-state index contributed by atoms with van der Waals surface area (Å²) in [5, 5.41) is 0. The Labute approximate surface area is 80.2 Å². The van der Waals surface area contributed by atoms with Crippen LogP contribution in [0, 0.1) is 0 Å². The molecule has 0 amide bonds. The lowest BCUT2D eigenvalue weighted by molar-refractivity contribution is 0.236. The maximum Gasteiger partial charge on any atom is 0.0373 e. The number of rotatable bonds is 3. The second-order valence-corrected chi connectivity index (χ2v) is 3.97. The molecule has 0 aliphatic carbocycles. The van der Waals surface area contributed by atoms with Gasteiger partial charge in [0.2, 0.25) is 0 Å². The Morgan fingerprint density at radius 3 is 2.38 bits per heavy atom. The molecule has 1 aromatic rings. The molecule has 0 saturated carbocycles. The monoisotopic (exact) mass is 178 g/mol. The van der Waals surface area contributed by atoms with Crippen molar-refractivity contribution in [1.82, 2.24) is 9.47 Å². The Hall–Kier alpha value is -0.760. The molecule has 1 saturated heterocycles. The second-order valence-electron chi connectivity index (χ2n) is 3.97. The van der Waals surface area contributed by atoms with Crippen molar-refractivity contribution in [3.8, 4) is 0 Å². The quantitative estimate of drug-likeness (QED) is 0.687. The molecular weight excluding hydrogens is 160 g/mol. The standard InChI is InChI=1S/C11H18N2/c1-11(13-8-4-5-9-13)10-12-6-2-3-7-12/h2-3,6-7,11H,4-5,8-10H2,1H3. The highest BCUT2D eigenvalue weighted by atomic mass is 15.2. The van der Waals surface area contributed by atoms with E-state index in [9.17, 15) is 0 Å². The third kappa shape index (κ3) is 2.13. The van der Waals surface area contributed by atoms with E-state index in [1.807, 2.05) is 0 Å². The van der Waals surface area contributed by atoms with Crippen LogP contribution in [0.4, 0.5) is 0 Å². The average Bonchev–Trinajstić information content (AvgIpc) is 2.74. The normalized spacial score (nSPS) is 20.7. The van der Waals surface area contributed by atoms with Gasteiger partial charge in [-0.25, -0.2) is 0 Å². The number of hydrogen-bond acceptors (Lipinski definition) is 1. The molecule has 1 fully saturated rings. The summed E-state index contributed by atoms with van der Waals surface area (Å²) in [5.74, 6) is 0. The number of aromatic nitrogens is 1. The molecule has 0 spiro atoms. The van der Waals surface area contributed by atoms with E-state index in [0.717, 1.165) is 6.54 Å². The van der Waals surface area contributed by atoms with Crippen molar-refractivity contribution < 1.29 is 0 Å². The molecule has 1 unspecified atom stereocenters. The summed E-state index contributed by atoms with van der Waals surface area (Å²) in [4.78, 5) is 2.58. The molecule has 2 rings (SSSR count). The van der Waals surface area contributed by atoms with Gasteiger partial charge in [0, 0.05) is 25.0 Å². The van der Waals surface area contributed by atoms with E-state index < -0.39 is 0 Å². The molecule has 72 valence electrons. The van der Waals surface area contributed by atoms with Gasteiger partial charge in [-0.05, 0) is 45.0 Å². The molecule has 0 radical (unpaired) electrons. The summed E-state index contributed by atoms with van der Waals surface area (Å²) in [6, 6.07) is 4.88. The first-order chi connectivity index (χ1) is 6.36. The summed E-state index contributed by atoms with van der Waals surface area (Å²) in [6.45, 7) is 6.04. The Balaban J connectivity index is 1.87. The van der Waals surface area contributed by atoms with Gasteiger partial charge in [0.05, 0.1) is 0 Å². The van der Waals surface area contributed by atoms with Crippen LogP contribution in [0.1, 0.15) is 19.8 Å². The highest BCUT2D eigenvalue weighted by Gasteiger charge is 2.17. The minimum absolute atomic E-state index is 0.690. The highest BCUT2D eigenvalue weighted by Crippen LogP contribution is 2.12. The van der Waals surface area contributed by atoms with Crippen LogP contribution in [0.25, 0.3) is 0 Å². The largest absolute Gasteiger partial charge is 0.353 e. The fourth-order valence-electron chi connectivity index (χ4n) is 2.09. The van der Waals surface area contributed by atoms with Gasteiger partial charge in [-0.15, -0.1) is 0 Å². The van der Waals surface area contributed by atoms with Crippen molar-refractivity contribution in [2.24, 2.45) is 0 Å². The van der Waals surface area contributed by atoms with Crippen molar-refractivity contribution >= 4 is 0 Å². The van der Waals surface area contributed by atoms with Crippen LogP contribution in [-0.2, 0) is 6.54 Å². The van der Waals surface area contributed by atoms with Gasteiger partial charge < -0.3 is 4.57 Å². The van der Waals surface area contributed by atoms with Gasteiger partial charge in [0.1, 0.15) is 0 Å². The van der Waals surface area contributed by atoms with Gasteiger partial charge in [0.25, 0.3) is 0 Å². The summed E-state index contributed by atoms with van der Waals surface area (Å²) in [6.07, 6.45) is 7.06. The molecule has 0 aromatic carbocycles. The first-order valence-electron chi connectivity index (χ1n) is 5.21. The Morgan fingerprint density at radius 2 is 1.77 bits per heavy atom. The van der Waals surface area contributed by atoms with E-state index >= 15 is 0 Å². The molecule has 2 heteroatoms. The van der Waals surface area contributed by atoms with Crippen LogP contribution in [0.3, 0.4) is 0 Å². The van der Waals surface area contributed by atoms with E-state index in [4.69, 9.17) is 0 Å². The minimum Gasteiger partial charge on any atom is -0.353 e. The van der Waals surface area contributed by atoms with Crippen LogP contribution < -0.4 is 0 Å². The predicted octanol–water partition coefficient (Wildman–Crippen LogP) is 1.97. The maximum atomic E-state index is 2.58. The van der Waals surface area contributed by atoms with Crippen LogP contribution in [-0.4, -0.2) is 28.6 Å². The third-order valence-electron chi connectivity index (χ3n) is 2.91. The lowest BCUT2D eigenvalue weighted by atomic mass is 10.3. The zero-order valence-electron chi connectivity index (χ0n) is 8.32. The van der Waals surface area contributed by atoms with Gasteiger partial charge in [0.15, 0.2) is 0 Å². The lowest BCUT2D eigenvalue weighted by Crippen LogP contribution is -2.33. The second kappa shape index (κ2) is 3.97. The fourth-order valence-corrected chi connectivity index (χ4v) is 2.09. The molecule has 2 nitrogen and oxygen atoms in total. The number of nitrogens with zero attached hydrogens (tertiary/aromatic N) is 2. The van der Waals surface area contributed by atoms with E-state index in [0.29, 0.717) is 6.04 Å². The zero-order valence-corrected chi connectivity index (χ0v) is 8.32.